The summed E-state index contributed by atoms with van der Waals surface area (Å²) in [7, 11) is 0. The first-order valence-corrected chi connectivity index (χ1v) is 6.57. The maximum absolute atomic E-state index is 13.8. The van der Waals surface area contributed by atoms with Crippen molar-refractivity contribution in [1.82, 2.24) is 9.97 Å². The molecule has 2 aromatic heterocycles. The van der Waals surface area contributed by atoms with Crippen molar-refractivity contribution in [3.63, 3.8) is 0 Å². The quantitative estimate of drug-likeness (QED) is 0.700. The summed E-state index contributed by atoms with van der Waals surface area (Å²) in [6.07, 6.45) is 6.80. The topological polar surface area (TPSA) is 28.7 Å². The Morgan fingerprint density at radius 3 is 3.00 bits per heavy atom. The van der Waals surface area contributed by atoms with Crippen molar-refractivity contribution in [2.24, 2.45) is 0 Å². The first kappa shape index (κ1) is 10.7. The Morgan fingerprint density at radius 1 is 1.11 bits per heavy atom. The summed E-state index contributed by atoms with van der Waals surface area (Å²) in [4.78, 5) is 7.40. The Hall–Kier alpha value is -2.16. The fourth-order valence-electron chi connectivity index (χ4n) is 3.10. The van der Waals surface area contributed by atoms with E-state index in [-0.39, 0.29) is 5.82 Å². The molecule has 1 N–H and O–H groups in total. The van der Waals surface area contributed by atoms with Gasteiger partial charge in [0, 0.05) is 17.8 Å². The SMILES string of the molecule is Fc1cc2c(c(-c3ccnc4[nH]ccc34)c1)CCC2. The monoisotopic (exact) mass is 252 g/mol. The van der Waals surface area contributed by atoms with Gasteiger partial charge in [-0.05, 0) is 65.8 Å². The second-order valence-corrected chi connectivity index (χ2v) is 5.04. The normalized spacial score (nSPS) is 13.9. The molecule has 0 amide bonds. The molecule has 4 rings (SSSR count). The molecule has 1 aromatic carbocycles. The van der Waals surface area contributed by atoms with Crippen LogP contribution in [0.2, 0.25) is 0 Å². The van der Waals surface area contributed by atoms with Crippen LogP contribution in [-0.4, -0.2) is 9.97 Å². The Balaban J connectivity index is 2.05. The van der Waals surface area contributed by atoms with Gasteiger partial charge in [-0.2, -0.15) is 0 Å². The zero-order chi connectivity index (χ0) is 12.8. The fourth-order valence-corrected chi connectivity index (χ4v) is 3.10. The van der Waals surface area contributed by atoms with E-state index in [1.165, 1.54) is 5.56 Å². The lowest BCUT2D eigenvalue weighted by Gasteiger charge is -2.10. The second kappa shape index (κ2) is 3.92. The second-order valence-electron chi connectivity index (χ2n) is 5.04. The first-order chi connectivity index (χ1) is 9.33. The Kier molecular flexibility index (Phi) is 2.21. The van der Waals surface area contributed by atoms with Gasteiger partial charge in [-0.1, -0.05) is 0 Å². The van der Waals surface area contributed by atoms with Crippen LogP contribution in [0.5, 0.6) is 0 Å². The number of nitrogens with zero attached hydrogens (tertiary/aromatic N) is 1. The van der Waals surface area contributed by atoms with E-state index >= 15 is 0 Å². The molecule has 1 aliphatic rings. The molecular weight excluding hydrogens is 239 g/mol. The van der Waals surface area contributed by atoms with Gasteiger partial charge in [-0.15, -0.1) is 0 Å². The molecule has 0 spiro atoms. The highest BCUT2D eigenvalue weighted by Gasteiger charge is 2.18. The van der Waals surface area contributed by atoms with Gasteiger partial charge >= 0.3 is 0 Å². The number of nitrogens with one attached hydrogen (secondary N) is 1. The Bertz CT molecular complexity index is 774. The molecule has 2 nitrogen and oxygen atoms in total. The number of aryl methyl sites for hydroxylation is 1. The predicted octanol–water partition coefficient (Wildman–Crippen LogP) is 3.86. The van der Waals surface area contributed by atoms with Crippen LogP contribution in [0.25, 0.3) is 22.2 Å². The number of H-pyrrole nitrogens is 1. The molecule has 1 aliphatic carbocycles. The highest BCUT2D eigenvalue weighted by Crippen LogP contribution is 2.36. The highest BCUT2D eigenvalue weighted by molar-refractivity contribution is 5.94. The standard InChI is InChI=1S/C16H13FN2/c17-11-8-10-2-1-3-12(10)15(9-11)13-4-6-18-16-14(13)5-7-19-16/h4-9H,1-3H2,(H,18,19). The maximum atomic E-state index is 13.8. The van der Waals surface area contributed by atoms with Gasteiger partial charge in [0.15, 0.2) is 0 Å². The Morgan fingerprint density at radius 2 is 2.05 bits per heavy atom. The number of hydrogen-bond donors (Lipinski definition) is 1. The van der Waals surface area contributed by atoms with Crippen molar-refractivity contribution in [1.29, 1.82) is 0 Å². The van der Waals surface area contributed by atoms with E-state index in [0.717, 1.165) is 47.0 Å². The van der Waals surface area contributed by atoms with E-state index in [4.69, 9.17) is 0 Å². The summed E-state index contributed by atoms with van der Waals surface area (Å²) in [5.41, 5.74) is 5.42. The van der Waals surface area contributed by atoms with Crippen molar-refractivity contribution < 1.29 is 4.39 Å². The van der Waals surface area contributed by atoms with Crippen LogP contribution in [0, 0.1) is 5.82 Å². The van der Waals surface area contributed by atoms with E-state index < -0.39 is 0 Å². The third-order valence-electron chi connectivity index (χ3n) is 3.93. The van der Waals surface area contributed by atoms with Crippen LogP contribution in [-0.2, 0) is 12.8 Å². The summed E-state index contributed by atoms with van der Waals surface area (Å²) in [5.74, 6) is -0.142. The van der Waals surface area contributed by atoms with E-state index in [1.807, 2.05) is 18.3 Å². The molecule has 3 aromatic rings. The van der Waals surface area contributed by atoms with Crippen molar-refractivity contribution in [3.8, 4) is 11.1 Å². The van der Waals surface area contributed by atoms with Gasteiger partial charge in [0.1, 0.15) is 11.5 Å². The van der Waals surface area contributed by atoms with Crippen LogP contribution in [0.1, 0.15) is 17.5 Å². The van der Waals surface area contributed by atoms with E-state index in [2.05, 4.69) is 9.97 Å². The molecule has 19 heavy (non-hydrogen) atoms. The molecule has 0 bridgehead atoms. The molecule has 0 unspecified atom stereocenters. The van der Waals surface area contributed by atoms with Gasteiger partial charge in [0.05, 0.1) is 0 Å². The average molecular weight is 252 g/mol. The van der Waals surface area contributed by atoms with Gasteiger partial charge in [0.2, 0.25) is 0 Å². The summed E-state index contributed by atoms with van der Waals surface area (Å²) >= 11 is 0. The number of benzene rings is 1. The van der Waals surface area contributed by atoms with Gasteiger partial charge < -0.3 is 4.98 Å². The number of pyridine rings is 1. The number of fused-ring (bicyclic) bond motifs is 2. The average Bonchev–Trinajstić information content (AvgIpc) is 3.04. The molecule has 0 saturated heterocycles. The van der Waals surface area contributed by atoms with Crippen LogP contribution < -0.4 is 0 Å². The van der Waals surface area contributed by atoms with Gasteiger partial charge in [0.25, 0.3) is 0 Å². The zero-order valence-electron chi connectivity index (χ0n) is 10.4. The van der Waals surface area contributed by atoms with Crippen LogP contribution in [0.4, 0.5) is 4.39 Å². The minimum absolute atomic E-state index is 0.142. The van der Waals surface area contributed by atoms with Gasteiger partial charge in [-0.3, -0.25) is 0 Å². The van der Waals surface area contributed by atoms with Crippen molar-refractivity contribution >= 4 is 11.0 Å². The highest BCUT2D eigenvalue weighted by atomic mass is 19.1. The molecule has 3 heteroatoms. The zero-order valence-corrected chi connectivity index (χ0v) is 10.4. The number of hydrogen-bond acceptors (Lipinski definition) is 1. The molecule has 2 heterocycles. The summed E-state index contributed by atoms with van der Waals surface area (Å²) in [6.45, 7) is 0. The first-order valence-electron chi connectivity index (χ1n) is 6.57. The minimum atomic E-state index is -0.142. The third kappa shape index (κ3) is 1.58. The van der Waals surface area contributed by atoms with Crippen LogP contribution in [0.15, 0.2) is 36.7 Å². The van der Waals surface area contributed by atoms with E-state index in [0.29, 0.717) is 0 Å². The predicted molar refractivity (Wildman–Crippen MR) is 73.5 cm³/mol. The van der Waals surface area contributed by atoms with Gasteiger partial charge in [-0.25, -0.2) is 9.37 Å². The fraction of sp³-hybridized carbons (Fsp3) is 0.188. The number of aromatic nitrogens is 2. The summed E-state index contributed by atoms with van der Waals surface area (Å²) in [6, 6.07) is 7.32. The minimum Gasteiger partial charge on any atom is -0.346 e. The van der Waals surface area contributed by atoms with Crippen molar-refractivity contribution in [2.45, 2.75) is 19.3 Å². The molecule has 0 radical (unpaired) electrons. The summed E-state index contributed by atoms with van der Waals surface area (Å²) < 4.78 is 13.8. The molecule has 0 atom stereocenters. The molecular formula is C16H13FN2. The number of halogens is 1. The van der Waals surface area contributed by atoms with E-state index in [1.54, 1.807) is 18.3 Å². The van der Waals surface area contributed by atoms with Crippen LogP contribution >= 0.6 is 0 Å². The largest absolute Gasteiger partial charge is 0.346 e. The lowest BCUT2D eigenvalue weighted by Crippen LogP contribution is -1.92. The smallest absolute Gasteiger partial charge is 0.137 e. The third-order valence-corrected chi connectivity index (χ3v) is 3.93. The summed E-state index contributed by atoms with van der Waals surface area (Å²) in [5, 5.41) is 1.06. The number of aromatic amines is 1. The number of rotatable bonds is 1. The lowest BCUT2D eigenvalue weighted by molar-refractivity contribution is 0.626. The molecule has 0 saturated carbocycles. The molecule has 0 fully saturated rings. The molecule has 94 valence electrons. The van der Waals surface area contributed by atoms with Crippen molar-refractivity contribution in [3.05, 3.63) is 53.6 Å². The van der Waals surface area contributed by atoms with Crippen molar-refractivity contribution in [2.75, 3.05) is 0 Å². The lowest BCUT2D eigenvalue weighted by atomic mass is 9.95. The van der Waals surface area contributed by atoms with Crippen LogP contribution in [0.3, 0.4) is 0 Å². The Labute approximate surface area is 110 Å². The van der Waals surface area contributed by atoms with E-state index in [9.17, 15) is 4.39 Å². The molecule has 0 aliphatic heterocycles. The maximum Gasteiger partial charge on any atom is 0.137 e.